The van der Waals surface area contributed by atoms with E-state index in [1.165, 1.54) is 0 Å². The van der Waals surface area contributed by atoms with Crippen molar-refractivity contribution >= 4 is 44.8 Å². The van der Waals surface area contributed by atoms with E-state index in [9.17, 15) is 14.9 Å². The van der Waals surface area contributed by atoms with Gasteiger partial charge in [0.1, 0.15) is 0 Å². The monoisotopic (exact) mass is 380 g/mol. The zero-order valence-corrected chi connectivity index (χ0v) is 15.9. The van der Waals surface area contributed by atoms with Gasteiger partial charge in [-0.3, -0.25) is 14.9 Å². The molecule has 4 aromatic rings. The number of carbonyl (C=O) groups excluding carboxylic acids is 2. The van der Waals surface area contributed by atoms with Crippen molar-refractivity contribution in [3.8, 4) is 6.07 Å². The van der Waals surface area contributed by atoms with E-state index in [4.69, 9.17) is 0 Å². The molecule has 2 aromatic heterocycles. The Kier molecular flexibility index (Phi) is 3.49. The van der Waals surface area contributed by atoms with Crippen molar-refractivity contribution in [2.45, 2.75) is 0 Å². The normalized spacial score (nSPS) is 14.1. The molecular formula is C23H16N4O2. The molecule has 0 saturated heterocycles. The van der Waals surface area contributed by atoms with Gasteiger partial charge >= 0.3 is 0 Å². The lowest BCUT2D eigenvalue weighted by atomic mass is 9.95. The van der Waals surface area contributed by atoms with Crippen molar-refractivity contribution in [3.05, 3.63) is 71.5 Å². The Hall–Kier alpha value is -4.11. The van der Waals surface area contributed by atoms with Crippen LogP contribution in [0.3, 0.4) is 0 Å². The molecule has 6 nitrogen and oxygen atoms in total. The maximum Gasteiger partial charge on any atom is 0.259 e. The van der Waals surface area contributed by atoms with Gasteiger partial charge in [0.15, 0.2) is 0 Å². The molecule has 1 aliphatic heterocycles. The Balaban J connectivity index is 1.88. The minimum Gasteiger partial charge on any atom is -0.350 e. The van der Waals surface area contributed by atoms with Crippen LogP contribution in [0.15, 0.2) is 54.9 Å². The van der Waals surface area contributed by atoms with Gasteiger partial charge in [-0.05, 0) is 24.3 Å². The second kappa shape index (κ2) is 5.94. The van der Waals surface area contributed by atoms with Gasteiger partial charge in [0, 0.05) is 59.4 Å². The molecule has 2 amide bonds. The highest BCUT2D eigenvalue weighted by Gasteiger charge is 2.35. The van der Waals surface area contributed by atoms with Gasteiger partial charge in [-0.1, -0.05) is 18.2 Å². The SMILES string of the molecule is Cn1cc(C2=C(c3cn(C)c4ccc(C#N)cc34)C(=O)NC2=O)c2ccccc21. The van der Waals surface area contributed by atoms with Gasteiger partial charge < -0.3 is 9.13 Å². The van der Waals surface area contributed by atoms with Crippen molar-refractivity contribution in [2.24, 2.45) is 14.1 Å². The average molecular weight is 380 g/mol. The fourth-order valence-electron chi connectivity index (χ4n) is 4.17. The van der Waals surface area contributed by atoms with E-state index in [2.05, 4.69) is 11.4 Å². The smallest absolute Gasteiger partial charge is 0.259 e. The first-order valence-corrected chi connectivity index (χ1v) is 9.13. The summed E-state index contributed by atoms with van der Waals surface area (Å²) in [5.74, 6) is -0.831. The minimum absolute atomic E-state index is 0.340. The molecule has 0 fully saturated rings. The predicted molar refractivity (Wildman–Crippen MR) is 111 cm³/mol. The van der Waals surface area contributed by atoms with E-state index in [-0.39, 0.29) is 0 Å². The zero-order valence-electron chi connectivity index (χ0n) is 15.9. The third-order valence-corrected chi connectivity index (χ3v) is 5.49. The standard InChI is InChI=1S/C23H16N4O2/c1-26-11-16(14-5-3-4-6-18(14)26)20-21(23(29)25-22(20)28)17-12-27(2)19-8-7-13(10-24)9-15(17)19/h3-9,11-12H,1-2H3,(H,25,28,29). The summed E-state index contributed by atoms with van der Waals surface area (Å²) >= 11 is 0. The van der Waals surface area contributed by atoms with Gasteiger partial charge in [-0.15, -0.1) is 0 Å². The fraction of sp³-hybridized carbons (Fsp3) is 0.0870. The third-order valence-electron chi connectivity index (χ3n) is 5.49. The molecule has 5 rings (SSSR count). The van der Waals surface area contributed by atoms with Gasteiger partial charge in [-0.25, -0.2) is 0 Å². The molecule has 2 aromatic carbocycles. The molecule has 0 saturated carbocycles. The molecule has 3 heterocycles. The van der Waals surface area contributed by atoms with Crippen LogP contribution in [0.25, 0.3) is 33.0 Å². The van der Waals surface area contributed by atoms with Gasteiger partial charge in [-0.2, -0.15) is 5.26 Å². The van der Waals surface area contributed by atoms with Crippen molar-refractivity contribution in [1.82, 2.24) is 14.5 Å². The number of nitriles is 1. The number of aryl methyl sites for hydroxylation is 2. The molecule has 1 N–H and O–H groups in total. The number of hydrogen-bond acceptors (Lipinski definition) is 3. The molecular weight excluding hydrogens is 364 g/mol. The number of carbonyl (C=O) groups is 2. The van der Waals surface area contributed by atoms with E-state index in [0.717, 1.165) is 27.4 Å². The molecule has 29 heavy (non-hydrogen) atoms. The first-order chi connectivity index (χ1) is 14.0. The number of imide groups is 1. The topological polar surface area (TPSA) is 79.8 Å². The van der Waals surface area contributed by atoms with E-state index < -0.39 is 11.8 Å². The number of fused-ring (bicyclic) bond motifs is 2. The highest BCUT2D eigenvalue weighted by Crippen LogP contribution is 2.38. The largest absolute Gasteiger partial charge is 0.350 e. The van der Waals surface area contributed by atoms with Crippen molar-refractivity contribution in [2.75, 3.05) is 0 Å². The maximum atomic E-state index is 12.8. The number of para-hydroxylation sites is 1. The average Bonchev–Trinajstić information content (AvgIpc) is 3.32. The van der Waals surface area contributed by atoms with Crippen LogP contribution in [-0.2, 0) is 23.7 Å². The second-order valence-corrected chi connectivity index (χ2v) is 7.20. The molecule has 0 bridgehead atoms. The lowest BCUT2D eigenvalue weighted by molar-refractivity contribution is -0.122. The quantitative estimate of drug-likeness (QED) is 0.543. The summed E-state index contributed by atoms with van der Waals surface area (Å²) in [7, 11) is 3.79. The summed E-state index contributed by atoms with van der Waals surface area (Å²) in [6, 6.07) is 15.3. The van der Waals surface area contributed by atoms with Crippen LogP contribution in [0.1, 0.15) is 16.7 Å². The Morgan fingerprint density at radius 1 is 0.828 bits per heavy atom. The van der Waals surface area contributed by atoms with E-state index in [0.29, 0.717) is 22.3 Å². The number of nitrogens with one attached hydrogen (secondary N) is 1. The summed E-state index contributed by atoms with van der Waals surface area (Å²) in [6.07, 6.45) is 3.72. The lowest BCUT2D eigenvalue weighted by Crippen LogP contribution is -2.22. The first-order valence-electron chi connectivity index (χ1n) is 9.13. The molecule has 140 valence electrons. The molecule has 0 spiro atoms. The number of aromatic nitrogens is 2. The van der Waals surface area contributed by atoms with Crippen molar-refractivity contribution < 1.29 is 9.59 Å². The molecule has 0 radical (unpaired) electrons. The fourth-order valence-corrected chi connectivity index (χ4v) is 4.17. The van der Waals surface area contributed by atoms with Crippen LogP contribution >= 0.6 is 0 Å². The number of nitrogens with zero attached hydrogens (tertiary/aromatic N) is 3. The minimum atomic E-state index is -0.423. The first kappa shape index (κ1) is 17.0. The molecule has 6 heteroatoms. The molecule has 0 aliphatic carbocycles. The Bertz CT molecular complexity index is 1440. The van der Waals surface area contributed by atoms with E-state index >= 15 is 0 Å². The van der Waals surface area contributed by atoms with Crippen LogP contribution in [0.2, 0.25) is 0 Å². The molecule has 0 unspecified atom stereocenters. The van der Waals surface area contributed by atoms with Crippen molar-refractivity contribution in [3.63, 3.8) is 0 Å². The summed E-state index contributed by atoms with van der Waals surface area (Å²) in [5, 5.41) is 13.4. The molecule has 0 atom stereocenters. The van der Waals surface area contributed by atoms with Crippen LogP contribution in [0.4, 0.5) is 0 Å². The maximum absolute atomic E-state index is 12.8. The highest BCUT2D eigenvalue weighted by molar-refractivity contribution is 6.50. The van der Waals surface area contributed by atoms with Gasteiger partial charge in [0.05, 0.1) is 22.8 Å². The number of amides is 2. The van der Waals surface area contributed by atoms with Crippen molar-refractivity contribution in [1.29, 1.82) is 5.26 Å². The predicted octanol–water partition coefficient (Wildman–Crippen LogP) is 3.11. The van der Waals surface area contributed by atoms with Gasteiger partial charge in [0.25, 0.3) is 11.8 Å². The summed E-state index contributed by atoms with van der Waals surface area (Å²) in [5.41, 5.74) is 4.43. The lowest BCUT2D eigenvalue weighted by Gasteiger charge is -2.03. The van der Waals surface area contributed by atoms with Crippen LogP contribution < -0.4 is 5.32 Å². The Morgan fingerprint density at radius 2 is 1.41 bits per heavy atom. The third kappa shape index (κ3) is 2.34. The van der Waals surface area contributed by atoms with Gasteiger partial charge in [0.2, 0.25) is 0 Å². The van der Waals surface area contributed by atoms with E-state index in [1.807, 2.05) is 66.0 Å². The number of hydrogen-bond donors (Lipinski definition) is 1. The van der Waals surface area contributed by atoms with Crippen LogP contribution in [0, 0.1) is 11.3 Å². The number of rotatable bonds is 2. The molecule has 1 aliphatic rings. The highest BCUT2D eigenvalue weighted by atomic mass is 16.2. The number of benzene rings is 2. The summed E-state index contributed by atoms with van der Waals surface area (Å²) in [6.45, 7) is 0. The van der Waals surface area contributed by atoms with Crippen LogP contribution in [-0.4, -0.2) is 20.9 Å². The second-order valence-electron chi connectivity index (χ2n) is 7.20. The Morgan fingerprint density at radius 3 is 2.07 bits per heavy atom. The Labute approximate surface area is 166 Å². The zero-order chi connectivity index (χ0) is 20.3. The summed E-state index contributed by atoms with van der Waals surface area (Å²) in [4.78, 5) is 25.7. The summed E-state index contributed by atoms with van der Waals surface area (Å²) < 4.78 is 3.85. The van der Waals surface area contributed by atoms with E-state index in [1.54, 1.807) is 12.1 Å². The van der Waals surface area contributed by atoms with Crippen LogP contribution in [0.5, 0.6) is 0 Å².